The summed E-state index contributed by atoms with van der Waals surface area (Å²) in [5.74, 6) is 1.67. The first-order valence-corrected chi connectivity index (χ1v) is 12.2. The number of aromatic nitrogens is 6. The molecule has 0 amide bonds. The molecule has 0 atom stereocenters. The van der Waals surface area contributed by atoms with Crippen LogP contribution in [0, 0.1) is 0 Å². The van der Waals surface area contributed by atoms with Gasteiger partial charge in [0.1, 0.15) is 18.0 Å². The Morgan fingerprint density at radius 2 is 1.79 bits per heavy atom. The molecule has 2 N–H and O–H groups in total. The Bertz CT molecular complexity index is 1700. The number of pyridine rings is 1. The molecule has 11 nitrogen and oxygen atoms in total. The lowest BCUT2D eigenvalue weighted by Gasteiger charge is -2.17. The van der Waals surface area contributed by atoms with Crippen LogP contribution >= 0.6 is 0 Å². The van der Waals surface area contributed by atoms with Crippen molar-refractivity contribution < 1.29 is 9.53 Å². The van der Waals surface area contributed by atoms with Crippen LogP contribution in [0.4, 0.5) is 23.0 Å². The molecular weight excluding hydrogens is 496 g/mol. The fourth-order valence-corrected chi connectivity index (χ4v) is 4.07. The maximum atomic E-state index is 12.7. The summed E-state index contributed by atoms with van der Waals surface area (Å²) in [6.45, 7) is 1.79. The van der Waals surface area contributed by atoms with E-state index in [1.807, 2.05) is 48.5 Å². The first-order valence-electron chi connectivity index (χ1n) is 12.2. The Hall–Kier alpha value is -5.32. The molecule has 2 aromatic carbocycles. The van der Waals surface area contributed by atoms with Crippen molar-refractivity contribution in [2.45, 2.75) is 13.3 Å². The van der Waals surface area contributed by atoms with E-state index < -0.39 is 5.69 Å². The largest absolute Gasteiger partial charge is 0.494 e. The number of carbonyl (C=O) groups is 1. The summed E-state index contributed by atoms with van der Waals surface area (Å²) in [6.07, 6.45) is 5.05. The third kappa shape index (κ3) is 5.37. The van der Waals surface area contributed by atoms with Gasteiger partial charge >= 0.3 is 5.69 Å². The van der Waals surface area contributed by atoms with Crippen LogP contribution in [0.2, 0.25) is 0 Å². The van der Waals surface area contributed by atoms with Crippen LogP contribution in [0.25, 0.3) is 17.1 Å². The predicted octanol–water partition coefficient (Wildman–Crippen LogP) is 4.51. The third-order valence-electron chi connectivity index (χ3n) is 5.95. The smallest absolute Gasteiger partial charge is 0.354 e. The van der Waals surface area contributed by atoms with Crippen LogP contribution < -0.4 is 21.1 Å². The van der Waals surface area contributed by atoms with E-state index in [2.05, 4.69) is 30.7 Å². The molecule has 0 aliphatic rings. The highest BCUT2D eigenvalue weighted by Gasteiger charge is 2.18. The van der Waals surface area contributed by atoms with Crippen LogP contribution in [0.3, 0.4) is 0 Å². The van der Waals surface area contributed by atoms with Crippen LogP contribution in [0.5, 0.6) is 5.75 Å². The number of aryl methyl sites for hydroxylation is 1. The zero-order valence-corrected chi connectivity index (χ0v) is 21.6. The Balaban J connectivity index is 1.48. The maximum Gasteiger partial charge on any atom is 0.354 e. The quantitative estimate of drug-likeness (QED) is 0.269. The number of hydrogen-bond donors (Lipinski definition) is 2. The first kappa shape index (κ1) is 25.3. The number of hydrogen-bond acceptors (Lipinski definition) is 9. The zero-order valence-electron chi connectivity index (χ0n) is 21.6. The molecule has 0 radical (unpaired) electrons. The van der Waals surface area contributed by atoms with Gasteiger partial charge in [0.05, 0.1) is 35.3 Å². The van der Waals surface area contributed by atoms with Gasteiger partial charge in [-0.3, -0.25) is 14.0 Å². The lowest BCUT2D eigenvalue weighted by atomic mass is 10.1. The monoisotopic (exact) mass is 522 g/mol. The molecule has 0 saturated heterocycles. The molecule has 0 aliphatic heterocycles. The molecule has 3 aromatic heterocycles. The van der Waals surface area contributed by atoms with Gasteiger partial charge in [-0.25, -0.2) is 14.8 Å². The number of benzene rings is 2. The summed E-state index contributed by atoms with van der Waals surface area (Å²) in [5, 5.41) is 10.8. The molecule has 3 heterocycles. The highest BCUT2D eigenvalue weighted by atomic mass is 16.5. The minimum Gasteiger partial charge on any atom is -0.494 e. The fraction of sp³-hybridized carbons (Fsp3) is 0.143. The lowest BCUT2D eigenvalue weighted by Crippen LogP contribution is -2.21. The van der Waals surface area contributed by atoms with E-state index in [9.17, 15) is 9.59 Å². The standard InChI is InChI=1S/C28H26N8O3/c1-4-23(37)20-16-29-25(32-24-13-14-36(28(38)33-24)18-9-6-5-7-10-18)15-22(20)31-21-12-8-11-19(26(21)39-3)27-30-17-35(2)34-27/h5-17H,4H2,1-3H3,(H2,29,31,32,33,38). The first-order chi connectivity index (χ1) is 19.0. The second-order valence-electron chi connectivity index (χ2n) is 8.57. The minimum atomic E-state index is -0.438. The van der Waals surface area contributed by atoms with Gasteiger partial charge in [-0.1, -0.05) is 31.2 Å². The van der Waals surface area contributed by atoms with Gasteiger partial charge in [-0.15, -0.1) is 0 Å². The van der Waals surface area contributed by atoms with Crippen molar-refractivity contribution in [1.82, 2.24) is 29.3 Å². The molecule has 196 valence electrons. The molecule has 0 unspecified atom stereocenters. The Morgan fingerprint density at radius 3 is 2.49 bits per heavy atom. The number of nitrogens with one attached hydrogen (secondary N) is 2. The molecule has 39 heavy (non-hydrogen) atoms. The van der Waals surface area contributed by atoms with E-state index in [0.717, 1.165) is 0 Å². The van der Waals surface area contributed by atoms with Crippen molar-refractivity contribution in [2.75, 3.05) is 17.7 Å². The van der Waals surface area contributed by atoms with Gasteiger partial charge in [-0.05, 0) is 30.3 Å². The predicted molar refractivity (Wildman–Crippen MR) is 148 cm³/mol. The summed E-state index contributed by atoms with van der Waals surface area (Å²) in [5.41, 5.74) is 2.52. The Labute approximate surface area is 224 Å². The van der Waals surface area contributed by atoms with E-state index in [4.69, 9.17) is 4.74 Å². The van der Waals surface area contributed by atoms with Crippen LogP contribution in [-0.4, -0.2) is 42.2 Å². The van der Waals surface area contributed by atoms with Crippen LogP contribution in [0.1, 0.15) is 23.7 Å². The summed E-state index contributed by atoms with van der Waals surface area (Å²) in [4.78, 5) is 38.3. The van der Waals surface area contributed by atoms with E-state index in [1.165, 1.54) is 10.8 Å². The molecular formula is C28H26N8O3. The third-order valence-corrected chi connectivity index (χ3v) is 5.95. The molecule has 0 saturated carbocycles. The summed E-state index contributed by atoms with van der Waals surface area (Å²) < 4.78 is 8.77. The van der Waals surface area contributed by atoms with Gasteiger partial charge in [0.2, 0.25) is 0 Å². The van der Waals surface area contributed by atoms with E-state index in [1.54, 1.807) is 50.4 Å². The average Bonchev–Trinajstić information content (AvgIpc) is 3.39. The molecule has 11 heteroatoms. The highest BCUT2D eigenvalue weighted by Crippen LogP contribution is 2.37. The molecule has 5 aromatic rings. The van der Waals surface area contributed by atoms with E-state index >= 15 is 0 Å². The molecule has 0 fully saturated rings. The van der Waals surface area contributed by atoms with Crippen molar-refractivity contribution in [3.05, 3.63) is 95.4 Å². The number of methoxy groups -OCH3 is 1. The van der Waals surface area contributed by atoms with Crippen molar-refractivity contribution >= 4 is 28.8 Å². The van der Waals surface area contributed by atoms with Gasteiger partial charge in [-0.2, -0.15) is 10.1 Å². The Kier molecular flexibility index (Phi) is 7.13. The van der Waals surface area contributed by atoms with Crippen molar-refractivity contribution in [3.8, 4) is 22.8 Å². The maximum absolute atomic E-state index is 12.7. The summed E-state index contributed by atoms with van der Waals surface area (Å²) in [7, 11) is 3.35. The van der Waals surface area contributed by atoms with Gasteiger partial charge < -0.3 is 15.4 Å². The molecule has 0 spiro atoms. The fourth-order valence-electron chi connectivity index (χ4n) is 4.07. The normalized spacial score (nSPS) is 10.7. The Morgan fingerprint density at radius 1 is 0.974 bits per heavy atom. The van der Waals surface area contributed by atoms with E-state index in [0.29, 0.717) is 57.8 Å². The molecule has 0 aliphatic carbocycles. The number of ketones is 1. The van der Waals surface area contributed by atoms with Crippen molar-refractivity contribution in [1.29, 1.82) is 0 Å². The van der Waals surface area contributed by atoms with Crippen LogP contribution in [-0.2, 0) is 7.05 Å². The number of Topliss-reactive ketones (excluding diaryl/α,β-unsaturated/α-hetero) is 1. The van der Waals surface area contributed by atoms with Gasteiger partial charge in [0.15, 0.2) is 17.4 Å². The summed E-state index contributed by atoms with van der Waals surface area (Å²) in [6, 6.07) is 18.2. The zero-order chi connectivity index (χ0) is 27.4. The SMILES string of the molecule is CCC(=O)c1cnc(Nc2ccn(-c3ccccc3)c(=O)n2)cc1Nc1cccc(-c2ncn(C)n2)c1OC. The number of rotatable bonds is 9. The lowest BCUT2D eigenvalue weighted by molar-refractivity contribution is 0.0988. The number of ether oxygens (including phenoxy) is 1. The second-order valence-corrected chi connectivity index (χ2v) is 8.57. The number of carbonyl (C=O) groups excluding carboxylic acids is 1. The van der Waals surface area contributed by atoms with Gasteiger partial charge in [0, 0.05) is 31.9 Å². The van der Waals surface area contributed by atoms with Crippen molar-refractivity contribution in [2.24, 2.45) is 7.05 Å². The number of anilines is 4. The topological polar surface area (TPSA) is 129 Å². The average molecular weight is 523 g/mol. The number of para-hydroxylation sites is 2. The van der Waals surface area contributed by atoms with Gasteiger partial charge in [0.25, 0.3) is 0 Å². The molecule has 0 bridgehead atoms. The molecule has 5 rings (SSSR count). The highest BCUT2D eigenvalue weighted by molar-refractivity contribution is 6.02. The minimum absolute atomic E-state index is 0.0818. The van der Waals surface area contributed by atoms with Crippen LogP contribution in [0.15, 0.2) is 84.2 Å². The second kappa shape index (κ2) is 11.0. The van der Waals surface area contributed by atoms with Crippen molar-refractivity contribution in [3.63, 3.8) is 0 Å². The summed E-state index contributed by atoms with van der Waals surface area (Å²) >= 11 is 0. The number of nitrogens with zero attached hydrogens (tertiary/aromatic N) is 6. The van der Waals surface area contributed by atoms with E-state index in [-0.39, 0.29) is 5.78 Å².